The number of rotatable bonds is 4. The molecule has 19 heavy (non-hydrogen) atoms. The molecule has 98 valence electrons. The van der Waals surface area contributed by atoms with Crippen molar-refractivity contribution in [2.24, 2.45) is 0 Å². The topological polar surface area (TPSA) is 26.3 Å². The molecule has 0 aliphatic heterocycles. The Bertz CT molecular complexity index is 534. The minimum absolute atomic E-state index is 0.212. The van der Waals surface area contributed by atoms with E-state index in [1.807, 2.05) is 49.4 Å². The second-order valence-electron chi connectivity index (χ2n) is 4.25. The number of carbonyl (C=O) groups excluding carboxylic acids is 1. The van der Waals surface area contributed by atoms with Gasteiger partial charge in [0.05, 0.1) is 5.92 Å². The molecule has 0 fully saturated rings. The van der Waals surface area contributed by atoms with Crippen molar-refractivity contribution in [3.8, 4) is 5.75 Å². The van der Waals surface area contributed by atoms with Gasteiger partial charge in [-0.2, -0.15) is 0 Å². The SMILES string of the molecule is CC[C@@H](C(=O)Oc1ccccc1)c1ccc(Br)cc1. The van der Waals surface area contributed by atoms with Gasteiger partial charge in [-0.3, -0.25) is 4.79 Å². The van der Waals surface area contributed by atoms with Crippen LogP contribution in [0.25, 0.3) is 0 Å². The van der Waals surface area contributed by atoms with Crippen LogP contribution in [0, 0.1) is 0 Å². The minimum Gasteiger partial charge on any atom is -0.426 e. The van der Waals surface area contributed by atoms with Gasteiger partial charge in [0.1, 0.15) is 5.75 Å². The van der Waals surface area contributed by atoms with Crippen LogP contribution in [0.2, 0.25) is 0 Å². The first kappa shape index (κ1) is 13.8. The maximum atomic E-state index is 12.2. The molecule has 3 heteroatoms. The molecule has 0 radical (unpaired) electrons. The average molecular weight is 319 g/mol. The summed E-state index contributed by atoms with van der Waals surface area (Å²) in [7, 11) is 0. The summed E-state index contributed by atoms with van der Waals surface area (Å²) in [6.07, 6.45) is 0.716. The summed E-state index contributed by atoms with van der Waals surface area (Å²) < 4.78 is 6.40. The fourth-order valence-electron chi connectivity index (χ4n) is 1.91. The van der Waals surface area contributed by atoms with Crippen molar-refractivity contribution in [2.75, 3.05) is 0 Å². The molecule has 2 aromatic carbocycles. The zero-order chi connectivity index (χ0) is 13.7. The molecule has 0 saturated heterocycles. The molecule has 1 atom stereocenters. The minimum atomic E-state index is -0.228. The Morgan fingerprint density at radius 2 is 1.74 bits per heavy atom. The Hall–Kier alpha value is -1.61. The molecule has 2 aromatic rings. The van der Waals surface area contributed by atoms with E-state index in [1.165, 1.54) is 0 Å². The average Bonchev–Trinajstić information content (AvgIpc) is 2.43. The Kier molecular flexibility index (Phi) is 4.74. The molecule has 0 amide bonds. The number of hydrogen-bond donors (Lipinski definition) is 0. The van der Waals surface area contributed by atoms with Gasteiger partial charge in [-0.15, -0.1) is 0 Å². The lowest BCUT2D eigenvalue weighted by Crippen LogP contribution is -2.18. The predicted molar refractivity (Wildman–Crippen MR) is 79.3 cm³/mol. The third-order valence-corrected chi connectivity index (χ3v) is 3.46. The highest BCUT2D eigenvalue weighted by molar-refractivity contribution is 9.10. The fourth-order valence-corrected chi connectivity index (χ4v) is 2.17. The van der Waals surface area contributed by atoms with E-state index in [1.54, 1.807) is 12.1 Å². The van der Waals surface area contributed by atoms with Gasteiger partial charge in [-0.1, -0.05) is 53.2 Å². The molecule has 0 aliphatic carbocycles. The summed E-state index contributed by atoms with van der Waals surface area (Å²) >= 11 is 3.39. The number of carbonyl (C=O) groups is 1. The van der Waals surface area contributed by atoms with Crippen LogP contribution in [0.1, 0.15) is 24.8 Å². The van der Waals surface area contributed by atoms with Crippen LogP contribution in [0.15, 0.2) is 59.1 Å². The fraction of sp³-hybridized carbons (Fsp3) is 0.188. The van der Waals surface area contributed by atoms with Gasteiger partial charge in [-0.25, -0.2) is 0 Å². The van der Waals surface area contributed by atoms with Crippen LogP contribution >= 0.6 is 15.9 Å². The number of para-hydroxylation sites is 1. The molecule has 0 aliphatic rings. The van der Waals surface area contributed by atoms with Gasteiger partial charge >= 0.3 is 5.97 Å². The number of ether oxygens (including phenoxy) is 1. The molecule has 0 heterocycles. The van der Waals surface area contributed by atoms with Crippen molar-refractivity contribution >= 4 is 21.9 Å². The van der Waals surface area contributed by atoms with Gasteiger partial charge in [0.25, 0.3) is 0 Å². The largest absolute Gasteiger partial charge is 0.426 e. The van der Waals surface area contributed by atoms with Crippen molar-refractivity contribution in [1.82, 2.24) is 0 Å². The zero-order valence-electron chi connectivity index (χ0n) is 10.7. The van der Waals surface area contributed by atoms with Crippen molar-refractivity contribution < 1.29 is 9.53 Å². The van der Waals surface area contributed by atoms with E-state index in [0.717, 1.165) is 10.0 Å². The second kappa shape index (κ2) is 6.53. The van der Waals surface area contributed by atoms with Crippen molar-refractivity contribution in [3.05, 3.63) is 64.6 Å². The van der Waals surface area contributed by atoms with E-state index in [-0.39, 0.29) is 11.9 Å². The molecule has 2 rings (SSSR count). The van der Waals surface area contributed by atoms with E-state index in [0.29, 0.717) is 12.2 Å². The molecule has 0 unspecified atom stereocenters. The highest BCUT2D eigenvalue weighted by atomic mass is 79.9. The first-order valence-electron chi connectivity index (χ1n) is 6.23. The van der Waals surface area contributed by atoms with E-state index >= 15 is 0 Å². The molecular weight excluding hydrogens is 304 g/mol. The van der Waals surface area contributed by atoms with Crippen LogP contribution in [-0.2, 0) is 4.79 Å². The Morgan fingerprint density at radius 3 is 2.32 bits per heavy atom. The first-order valence-corrected chi connectivity index (χ1v) is 7.02. The highest BCUT2D eigenvalue weighted by Crippen LogP contribution is 2.24. The van der Waals surface area contributed by atoms with Gasteiger partial charge in [0.15, 0.2) is 0 Å². The summed E-state index contributed by atoms with van der Waals surface area (Å²) in [4.78, 5) is 12.2. The third kappa shape index (κ3) is 3.67. The summed E-state index contributed by atoms with van der Waals surface area (Å²) in [6.45, 7) is 1.99. The van der Waals surface area contributed by atoms with Crippen molar-refractivity contribution in [1.29, 1.82) is 0 Å². The zero-order valence-corrected chi connectivity index (χ0v) is 12.3. The smallest absolute Gasteiger partial charge is 0.318 e. The Labute approximate surface area is 121 Å². The number of halogens is 1. The highest BCUT2D eigenvalue weighted by Gasteiger charge is 2.20. The second-order valence-corrected chi connectivity index (χ2v) is 5.16. The lowest BCUT2D eigenvalue weighted by Gasteiger charge is -2.14. The number of esters is 1. The molecule has 0 aromatic heterocycles. The van der Waals surface area contributed by atoms with E-state index in [9.17, 15) is 4.79 Å². The van der Waals surface area contributed by atoms with Gasteiger partial charge < -0.3 is 4.74 Å². The molecule has 0 bridgehead atoms. The monoisotopic (exact) mass is 318 g/mol. The van der Waals surface area contributed by atoms with Crippen LogP contribution in [0.3, 0.4) is 0 Å². The number of hydrogen-bond acceptors (Lipinski definition) is 2. The Balaban J connectivity index is 2.13. The van der Waals surface area contributed by atoms with E-state index < -0.39 is 0 Å². The molecule has 2 nitrogen and oxygen atoms in total. The quantitative estimate of drug-likeness (QED) is 0.610. The van der Waals surface area contributed by atoms with E-state index in [2.05, 4.69) is 15.9 Å². The van der Waals surface area contributed by atoms with Crippen LogP contribution in [0.4, 0.5) is 0 Å². The molecule has 0 spiro atoms. The molecule has 0 N–H and O–H groups in total. The lowest BCUT2D eigenvalue weighted by molar-refractivity contribution is -0.136. The van der Waals surface area contributed by atoms with Crippen LogP contribution in [-0.4, -0.2) is 5.97 Å². The summed E-state index contributed by atoms with van der Waals surface area (Å²) in [6, 6.07) is 16.9. The first-order chi connectivity index (χ1) is 9.20. The molecule has 0 saturated carbocycles. The maximum absolute atomic E-state index is 12.2. The third-order valence-electron chi connectivity index (χ3n) is 2.93. The number of benzene rings is 2. The van der Waals surface area contributed by atoms with E-state index in [4.69, 9.17) is 4.74 Å². The molecular formula is C16H15BrO2. The van der Waals surface area contributed by atoms with Crippen LogP contribution < -0.4 is 4.74 Å². The summed E-state index contributed by atoms with van der Waals surface area (Å²) in [5.74, 6) is 0.146. The predicted octanol–water partition coefficient (Wildman–Crippen LogP) is 4.55. The lowest BCUT2D eigenvalue weighted by atomic mass is 9.97. The standard InChI is InChI=1S/C16H15BrO2/c1-2-15(12-8-10-13(17)11-9-12)16(18)19-14-6-4-3-5-7-14/h3-11,15H,2H2,1H3/t15-/m1/s1. The van der Waals surface area contributed by atoms with Gasteiger partial charge in [-0.05, 0) is 36.2 Å². The maximum Gasteiger partial charge on any atom is 0.318 e. The van der Waals surface area contributed by atoms with Crippen molar-refractivity contribution in [3.63, 3.8) is 0 Å². The van der Waals surface area contributed by atoms with Crippen molar-refractivity contribution in [2.45, 2.75) is 19.3 Å². The Morgan fingerprint density at radius 1 is 1.11 bits per heavy atom. The van der Waals surface area contributed by atoms with Crippen LogP contribution in [0.5, 0.6) is 5.75 Å². The van der Waals surface area contributed by atoms with Gasteiger partial charge in [0, 0.05) is 4.47 Å². The normalized spacial score (nSPS) is 11.9. The summed E-state index contributed by atoms with van der Waals surface area (Å²) in [5, 5.41) is 0. The van der Waals surface area contributed by atoms with Gasteiger partial charge in [0.2, 0.25) is 0 Å². The summed E-state index contributed by atoms with van der Waals surface area (Å²) in [5.41, 5.74) is 0.978.